The number of anilines is 2. The van der Waals surface area contributed by atoms with Gasteiger partial charge in [-0.15, -0.1) is 11.8 Å². The van der Waals surface area contributed by atoms with E-state index in [9.17, 15) is 4.79 Å². The van der Waals surface area contributed by atoms with Crippen LogP contribution in [0.3, 0.4) is 0 Å². The molecule has 3 N–H and O–H groups in total. The van der Waals surface area contributed by atoms with Gasteiger partial charge < -0.3 is 20.5 Å². The molecule has 2 aromatic rings. The van der Waals surface area contributed by atoms with Gasteiger partial charge in [0, 0.05) is 16.3 Å². The highest BCUT2D eigenvalue weighted by Gasteiger charge is 2.02. The first kappa shape index (κ1) is 17.1. The van der Waals surface area contributed by atoms with E-state index < -0.39 is 5.97 Å². The molecule has 0 aliphatic carbocycles. The summed E-state index contributed by atoms with van der Waals surface area (Å²) in [6.45, 7) is 0. The summed E-state index contributed by atoms with van der Waals surface area (Å²) in [4.78, 5) is 11.4. The van der Waals surface area contributed by atoms with Crippen LogP contribution in [0.2, 0.25) is 0 Å². The van der Waals surface area contributed by atoms with E-state index in [-0.39, 0.29) is 5.75 Å². The number of hydrogen-bond acceptors (Lipinski definition) is 4. The second kappa shape index (κ2) is 8.40. The number of benzene rings is 2. The number of carboxylic acid groups (broad SMARTS) is 1. The lowest BCUT2D eigenvalue weighted by molar-refractivity contribution is -0.133. The van der Waals surface area contributed by atoms with Crippen molar-refractivity contribution in [1.82, 2.24) is 0 Å². The van der Waals surface area contributed by atoms with E-state index >= 15 is 0 Å². The van der Waals surface area contributed by atoms with Crippen molar-refractivity contribution in [3.05, 3.63) is 48.5 Å². The third kappa shape index (κ3) is 5.80. The van der Waals surface area contributed by atoms with Gasteiger partial charge in [-0.3, -0.25) is 4.79 Å². The van der Waals surface area contributed by atoms with E-state index in [1.807, 2.05) is 48.5 Å². The van der Waals surface area contributed by atoms with Gasteiger partial charge in [-0.25, -0.2) is 0 Å². The topological polar surface area (TPSA) is 70.6 Å². The molecule has 23 heavy (non-hydrogen) atoms. The molecular weight excluding hydrogens is 332 g/mol. The van der Waals surface area contributed by atoms with Crippen molar-refractivity contribution in [2.75, 3.05) is 23.5 Å². The number of thioether (sulfide) groups is 1. The first-order valence-corrected chi connectivity index (χ1v) is 8.13. The smallest absolute Gasteiger partial charge is 0.313 e. The zero-order chi connectivity index (χ0) is 16.7. The number of hydrogen-bond donors (Lipinski definition) is 3. The zero-order valence-electron chi connectivity index (χ0n) is 12.4. The second-order valence-corrected chi connectivity index (χ2v) is 5.97. The normalized spacial score (nSPS) is 9.96. The standard InChI is InChI=1S/C16H16N2O3S2/c1-21-13-6-2-11(3-7-13)17-16(22)18-12-4-8-14(9-5-12)23-10-15(19)20/h2-9H,10H2,1H3,(H,19,20)(H2,17,18,22). The molecule has 0 radical (unpaired) electrons. The van der Waals surface area contributed by atoms with Gasteiger partial charge in [0.2, 0.25) is 0 Å². The lowest BCUT2D eigenvalue weighted by Gasteiger charge is -2.11. The van der Waals surface area contributed by atoms with Crippen molar-refractivity contribution in [1.29, 1.82) is 0 Å². The van der Waals surface area contributed by atoms with E-state index in [2.05, 4.69) is 10.6 Å². The zero-order valence-corrected chi connectivity index (χ0v) is 14.0. The lowest BCUT2D eigenvalue weighted by atomic mass is 10.3. The molecule has 0 atom stereocenters. The van der Waals surface area contributed by atoms with Crippen molar-refractivity contribution < 1.29 is 14.6 Å². The van der Waals surface area contributed by atoms with E-state index in [4.69, 9.17) is 22.1 Å². The second-order valence-electron chi connectivity index (χ2n) is 4.51. The summed E-state index contributed by atoms with van der Waals surface area (Å²) in [5.41, 5.74) is 1.69. The first-order chi connectivity index (χ1) is 11.1. The predicted molar refractivity (Wildman–Crippen MR) is 97.6 cm³/mol. The van der Waals surface area contributed by atoms with E-state index in [1.165, 1.54) is 11.8 Å². The average Bonchev–Trinajstić information content (AvgIpc) is 2.55. The number of methoxy groups -OCH3 is 1. The maximum Gasteiger partial charge on any atom is 0.313 e. The summed E-state index contributed by atoms with van der Waals surface area (Å²) in [6.07, 6.45) is 0. The highest BCUT2D eigenvalue weighted by molar-refractivity contribution is 8.00. The van der Waals surface area contributed by atoms with Gasteiger partial charge in [-0.2, -0.15) is 0 Å². The molecule has 0 saturated carbocycles. The van der Waals surface area contributed by atoms with Crippen LogP contribution in [0.1, 0.15) is 0 Å². The van der Waals surface area contributed by atoms with E-state index in [0.717, 1.165) is 22.0 Å². The summed E-state index contributed by atoms with van der Waals surface area (Å²) in [5.74, 6) is -0.00420. The van der Waals surface area contributed by atoms with Crippen molar-refractivity contribution in [2.24, 2.45) is 0 Å². The van der Waals surface area contributed by atoms with Gasteiger partial charge in [-0.1, -0.05) is 0 Å². The molecule has 0 saturated heterocycles. The Morgan fingerprint density at radius 3 is 2.09 bits per heavy atom. The number of aliphatic carboxylic acids is 1. The monoisotopic (exact) mass is 348 g/mol. The van der Waals surface area contributed by atoms with Crippen molar-refractivity contribution in [2.45, 2.75) is 4.90 Å². The minimum atomic E-state index is -0.831. The van der Waals surface area contributed by atoms with E-state index in [1.54, 1.807) is 7.11 Å². The molecule has 120 valence electrons. The molecule has 0 spiro atoms. The Morgan fingerprint density at radius 1 is 1.09 bits per heavy atom. The van der Waals surface area contributed by atoms with Crippen LogP contribution in [0.25, 0.3) is 0 Å². The fraction of sp³-hybridized carbons (Fsp3) is 0.125. The molecule has 0 aromatic heterocycles. The molecule has 2 aromatic carbocycles. The van der Waals surface area contributed by atoms with E-state index in [0.29, 0.717) is 5.11 Å². The lowest BCUT2D eigenvalue weighted by Crippen LogP contribution is -2.18. The molecule has 5 nitrogen and oxygen atoms in total. The summed E-state index contributed by atoms with van der Waals surface area (Å²) < 4.78 is 5.10. The molecule has 0 fully saturated rings. The van der Waals surface area contributed by atoms with Crippen LogP contribution in [-0.4, -0.2) is 29.1 Å². The van der Waals surface area contributed by atoms with Crippen molar-refractivity contribution >= 4 is 46.4 Å². The third-order valence-electron chi connectivity index (χ3n) is 2.82. The summed E-state index contributed by atoms with van der Waals surface area (Å²) in [6, 6.07) is 14.9. The summed E-state index contributed by atoms with van der Waals surface area (Å²) in [5, 5.41) is 15.3. The average molecular weight is 348 g/mol. The number of rotatable bonds is 6. The third-order valence-corrected chi connectivity index (χ3v) is 4.02. The Bertz CT molecular complexity index is 673. The molecule has 7 heteroatoms. The quantitative estimate of drug-likeness (QED) is 0.543. The number of nitrogens with one attached hydrogen (secondary N) is 2. The number of ether oxygens (including phenoxy) is 1. The molecule has 2 rings (SSSR count). The maximum atomic E-state index is 10.5. The van der Waals surface area contributed by atoms with Crippen LogP contribution in [0.15, 0.2) is 53.4 Å². The fourth-order valence-corrected chi connectivity index (χ4v) is 2.60. The van der Waals surface area contributed by atoms with Gasteiger partial charge >= 0.3 is 5.97 Å². The van der Waals surface area contributed by atoms with Crippen LogP contribution in [0, 0.1) is 0 Å². The predicted octanol–water partition coefficient (Wildman–Crippen LogP) is 3.68. The van der Waals surface area contributed by atoms with Crippen LogP contribution in [-0.2, 0) is 4.79 Å². The van der Waals surface area contributed by atoms with Gasteiger partial charge in [-0.05, 0) is 60.7 Å². The Hall–Kier alpha value is -2.25. The van der Waals surface area contributed by atoms with Crippen LogP contribution in [0.5, 0.6) is 5.75 Å². The van der Waals surface area contributed by atoms with Gasteiger partial charge in [0.1, 0.15) is 5.75 Å². The van der Waals surface area contributed by atoms with Crippen molar-refractivity contribution in [3.8, 4) is 5.75 Å². The SMILES string of the molecule is COc1ccc(NC(=S)Nc2ccc(SCC(=O)O)cc2)cc1. The summed E-state index contributed by atoms with van der Waals surface area (Å²) >= 11 is 6.54. The number of carbonyl (C=O) groups is 1. The largest absolute Gasteiger partial charge is 0.497 e. The fourth-order valence-electron chi connectivity index (χ4n) is 1.75. The summed E-state index contributed by atoms with van der Waals surface area (Å²) in [7, 11) is 1.62. The highest BCUT2D eigenvalue weighted by atomic mass is 32.2. The molecule has 0 unspecified atom stereocenters. The molecular formula is C16H16N2O3S2. The highest BCUT2D eigenvalue weighted by Crippen LogP contribution is 2.20. The molecule has 0 bridgehead atoms. The Kier molecular flexibility index (Phi) is 6.25. The van der Waals surface area contributed by atoms with Crippen LogP contribution < -0.4 is 15.4 Å². The molecule has 0 amide bonds. The first-order valence-electron chi connectivity index (χ1n) is 6.73. The maximum absolute atomic E-state index is 10.5. The Morgan fingerprint density at radius 2 is 1.61 bits per heavy atom. The van der Waals surface area contributed by atoms with Crippen LogP contribution >= 0.6 is 24.0 Å². The van der Waals surface area contributed by atoms with Crippen molar-refractivity contribution in [3.63, 3.8) is 0 Å². The Balaban J connectivity index is 1.87. The van der Waals surface area contributed by atoms with Gasteiger partial charge in [0.05, 0.1) is 12.9 Å². The number of carboxylic acids is 1. The molecule has 0 aliphatic heterocycles. The minimum absolute atomic E-state index is 0.0458. The number of thiocarbonyl (C=S) groups is 1. The van der Waals surface area contributed by atoms with Gasteiger partial charge in [0.25, 0.3) is 0 Å². The van der Waals surface area contributed by atoms with Crippen LogP contribution in [0.4, 0.5) is 11.4 Å². The Labute approximate surface area is 144 Å². The minimum Gasteiger partial charge on any atom is -0.497 e. The molecule has 0 heterocycles. The van der Waals surface area contributed by atoms with Gasteiger partial charge in [0.15, 0.2) is 5.11 Å². The molecule has 0 aliphatic rings.